The summed E-state index contributed by atoms with van der Waals surface area (Å²) in [5, 5.41) is 6.16. The van der Waals surface area contributed by atoms with E-state index in [1.807, 2.05) is 0 Å². The fourth-order valence-corrected chi connectivity index (χ4v) is 5.10. The Kier molecular flexibility index (Phi) is 5.58. The van der Waals surface area contributed by atoms with Gasteiger partial charge in [0.25, 0.3) is 0 Å². The van der Waals surface area contributed by atoms with E-state index in [9.17, 15) is 0 Å². The molecule has 0 amide bonds. The first-order chi connectivity index (χ1) is 17.5. The summed E-state index contributed by atoms with van der Waals surface area (Å²) in [5.74, 6) is 0. The molecule has 0 saturated heterocycles. The van der Waals surface area contributed by atoms with E-state index in [2.05, 4.69) is 124 Å². The Morgan fingerprint density at radius 3 is 2.08 bits per heavy atom. The fraction of sp³-hybridized carbons (Fsp3) is 0.118. The summed E-state index contributed by atoms with van der Waals surface area (Å²) in [6.07, 6.45) is 0.813. The Labute approximate surface area is 212 Å². The summed E-state index contributed by atoms with van der Waals surface area (Å²) < 4.78 is 0. The Morgan fingerprint density at radius 2 is 1.36 bits per heavy atom. The van der Waals surface area contributed by atoms with Gasteiger partial charge in [-0.15, -0.1) is 0 Å². The first-order valence-electron chi connectivity index (χ1n) is 12.5. The van der Waals surface area contributed by atoms with Crippen LogP contribution in [0, 0.1) is 6.92 Å². The van der Waals surface area contributed by atoms with Gasteiger partial charge in [0.15, 0.2) is 0 Å². The summed E-state index contributed by atoms with van der Waals surface area (Å²) in [6.45, 7) is 6.18. The number of aromatic nitrogens is 1. The SMILES string of the molecule is CC(C)=Nc1c(Cc2ccc3ccccc3c2)ccc2c(-c3ccc4ccccc4c3)cc(C)nc12. The first kappa shape index (κ1) is 22.2. The van der Waals surface area contributed by atoms with E-state index in [1.54, 1.807) is 0 Å². The normalized spacial score (nSPS) is 11.3. The Balaban J connectivity index is 1.53. The van der Waals surface area contributed by atoms with Crippen LogP contribution in [-0.2, 0) is 6.42 Å². The maximum atomic E-state index is 5.03. The van der Waals surface area contributed by atoms with Crippen molar-refractivity contribution in [3.05, 3.63) is 120 Å². The molecule has 6 rings (SSSR count). The first-order valence-corrected chi connectivity index (χ1v) is 12.5. The molecule has 6 aromatic rings. The summed E-state index contributed by atoms with van der Waals surface area (Å²) in [5.41, 5.74) is 8.85. The standard InChI is InChI=1S/C34H28N2/c1-22(2)35-33-30(20-24-12-13-25-8-4-6-10-27(25)19-24)16-17-31-32(18-23(3)36-34(31)33)29-15-14-26-9-5-7-11-28(26)21-29/h4-19,21H,20H2,1-3H3. The van der Waals surface area contributed by atoms with Crippen LogP contribution in [0.1, 0.15) is 30.7 Å². The molecule has 0 aliphatic carbocycles. The van der Waals surface area contributed by atoms with E-state index in [1.165, 1.54) is 43.8 Å². The fourth-order valence-electron chi connectivity index (χ4n) is 5.10. The van der Waals surface area contributed by atoms with Gasteiger partial charge in [0, 0.05) is 16.8 Å². The molecule has 0 aliphatic rings. The molecule has 0 fully saturated rings. The molecule has 2 nitrogen and oxygen atoms in total. The molecule has 0 saturated carbocycles. The van der Waals surface area contributed by atoms with Crippen LogP contribution in [0.2, 0.25) is 0 Å². The second-order valence-electron chi connectivity index (χ2n) is 9.76. The zero-order valence-corrected chi connectivity index (χ0v) is 20.9. The zero-order chi connectivity index (χ0) is 24.6. The van der Waals surface area contributed by atoms with Gasteiger partial charge in [-0.1, -0.05) is 91.0 Å². The minimum absolute atomic E-state index is 0.813. The molecule has 0 aliphatic heterocycles. The van der Waals surface area contributed by atoms with Gasteiger partial charge in [-0.25, -0.2) is 0 Å². The molecule has 5 aromatic carbocycles. The highest BCUT2D eigenvalue weighted by Gasteiger charge is 2.15. The molecule has 0 bridgehead atoms. The average molecular weight is 465 g/mol. The van der Waals surface area contributed by atoms with Crippen molar-refractivity contribution in [3.63, 3.8) is 0 Å². The quantitative estimate of drug-likeness (QED) is 0.239. The van der Waals surface area contributed by atoms with Crippen LogP contribution in [0.5, 0.6) is 0 Å². The third-order valence-corrected chi connectivity index (χ3v) is 6.77. The van der Waals surface area contributed by atoms with Crippen LogP contribution in [0.4, 0.5) is 5.69 Å². The number of aryl methyl sites for hydroxylation is 1. The highest BCUT2D eigenvalue weighted by atomic mass is 14.8. The van der Waals surface area contributed by atoms with Crippen molar-refractivity contribution in [2.24, 2.45) is 4.99 Å². The third kappa shape index (κ3) is 4.16. The van der Waals surface area contributed by atoms with E-state index in [0.29, 0.717) is 0 Å². The largest absolute Gasteiger partial charge is 0.256 e. The van der Waals surface area contributed by atoms with Crippen LogP contribution in [0.15, 0.2) is 108 Å². The zero-order valence-electron chi connectivity index (χ0n) is 20.9. The number of fused-ring (bicyclic) bond motifs is 3. The Morgan fingerprint density at radius 1 is 0.694 bits per heavy atom. The maximum Gasteiger partial charge on any atom is 0.0970 e. The Hall–Kier alpha value is -4.30. The smallest absolute Gasteiger partial charge is 0.0970 e. The lowest BCUT2D eigenvalue weighted by Gasteiger charge is -2.15. The summed E-state index contributed by atoms with van der Waals surface area (Å²) in [7, 11) is 0. The lowest BCUT2D eigenvalue weighted by molar-refractivity contribution is 1.18. The van der Waals surface area contributed by atoms with Crippen molar-refractivity contribution in [2.75, 3.05) is 0 Å². The number of benzene rings is 5. The van der Waals surface area contributed by atoms with Crippen molar-refractivity contribution >= 4 is 43.8 Å². The van der Waals surface area contributed by atoms with E-state index in [-0.39, 0.29) is 0 Å². The van der Waals surface area contributed by atoms with Crippen LogP contribution < -0.4 is 0 Å². The van der Waals surface area contributed by atoms with Crippen molar-refractivity contribution in [3.8, 4) is 11.1 Å². The molecule has 0 atom stereocenters. The van der Waals surface area contributed by atoms with Gasteiger partial charge in [0.1, 0.15) is 0 Å². The number of aliphatic imine (C=N–C) groups is 1. The topological polar surface area (TPSA) is 25.2 Å². The van der Waals surface area contributed by atoms with Gasteiger partial charge < -0.3 is 0 Å². The van der Waals surface area contributed by atoms with E-state index in [4.69, 9.17) is 9.98 Å². The van der Waals surface area contributed by atoms with Gasteiger partial charge in [-0.05, 0) is 83.1 Å². The predicted molar refractivity (Wildman–Crippen MR) is 155 cm³/mol. The van der Waals surface area contributed by atoms with Crippen molar-refractivity contribution < 1.29 is 0 Å². The summed E-state index contributed by atoms with van der Waals surface area (Å²) in [4.78, 5) is 10.0. The molecule has 1 heterocycles. The van der Waals surface area contributed by atoms with Gasteiger partial charge in [0.2, 0.25) is 0 Å². The number of rotatable bonds is 4. The number of pyridine rings is 1. The second-order valence-corrected chi connectivity index (χ2v) is 9.76. The monoisotopic (exact) mass is 464 g/mol. The molecule has 0 N–H and O–H groups in total. The third-order valence-electron chi connectivity index (χ3n) is 6.77. The van der Waals surface area contributed by atoms with Crippen molar-refractivity contribution in [2.45, 2.75) is 27.2 Å². The number of hydrogen-bond donors (Lipinski definition) is 0. The Bertz CT molecular complexity index is 1790. The van der Waals surface area contributed by atoms with Crippen LogP contribution >= 0.6 is 0 Å². The summed E-state index contributed by atoms with van der Waals surface area (Å²) in [6, 6.07) is 37.1. The highest BCUT2D eigenvalue weighted by molar-refractivity contribution is 6.03. The van der Waals surface area contributed by atoms with Gasteiger partial charge in [-0.3, -0.25) is 9.98 Å². The van der Waals surface area contributed by atoms with E-state index < -0.39 is 0 Å². The molecule has 0 radical (unpaired) electrons. The number of hydrogen-bond acceptors (Lipinski definition) is 2. The van der Waals surface area contributed by atoms with Crippen molar-refractivity contribution in [1.29, 1.82) is 0 Å². The van der Waals surface area contributed by atoms with E-state index >= 15 is 0 Å². The molecule has 2 heteroatoms. The lowest BCUT2D eigenvalue weighted by atomic mass is 9.94. The van der Waals surface area contributed by atoms with Crippen LogP contribution in [0.25, 0.3) is 43.6 Å². The van der Waals surface area contributed by atoms with Crippen molar-refractivity contribution in [1.82, 2.24) is 4.98 Å². The van der Waals surface area contributed by atoms with Gasteiger partial charge in [-0.2, -0.15) is 0 Å². The van der Waals surface area contributed by atoms with Gasteiger partial charge in [0.05, 0.1) is 11.2 Å². The molecule has 36 heavy (non-hydrogen) atoms. The molecular weight excluding hydrogens is 436 g/mol. The predicted octanol–water partition coefficient (Wildman–Crippen LogP) is 9.22. The van der Waals surface area contributed by atoms with Gasteiger partial charge >= 0.3 is 0 Å². The average Bonchev–Trinajstić information content (AvgIpc) is 2.89. The molecule has 0 unspecified atom stereocenters. The van der Waals surface area contributed by atoms with E-state index in [0.717, 1.165) is 34.4 Å². The minimum Gasteiger partial charge on any atom is -0.256 e. The van der Waals surface area contributed by atoms with Crippen LogP contribution in [0.3, 0.4) is 0 Å². The summed E-state index contributed by atoms with van der Waals surface area (Å²) >= 11 is 0. The molecular formula is C34H28N2. The molecule has 0 spiro atoms. The van der Waals surface area contributed by atoms with Crippen LogP contribution in [-0.4, -0.2) is 10.7 Å². The maximum absolute atomic E-state index is 5.03. The minimum atomic E-state index is 0.813. The molecule has 174 valence electrons. The number of nitrogens with zero attached hydrogens (tertiary/aromatic N) is 2. The lowest BCUT2D eigenvalue weighted by Crippen LogP contribution is -1.96. The highest BCUT2D eigenvalue weighted by Crippen LogP contribution is 2.37. The second kappa shape index (κ2) is 9.05. The molecule has 1 aromatic heterocycles.